The van der Waals surface area contributed by atoms with E-state index in [1.807, 2.05) is 17.0 Å². The normalized spacial score (nSPS) is 19.7. The van der Waals surface area contributed by atoms with Gasteiger partial charge in [-0.05, 0) is 43.7 Å². The number of carbonyl (C=O) groups excluding carboxylic acids is 1. The Morgan fingerprint density at radius 2 is 2.14 bits per heavy atom. The molecule has 21 heavy (non-hydrogen) atoms. The van der Waals surface area contributed by atoms with Crippen molar-refractivity contribution in [2.45, 2.75) is 38.2 Å². The topological polar surface area (TPSA) is 54.7 Å². The van der Waals surface area contributed by atoms with Crippen LogP contribution in [0.1, 0.15) is 31.4 Å². The van der Waals surface area contributed by atoms with Gasteiger partial charge in [0.05, 0.1) is 12.4 Å². The predicted octanol–water partition coefficient (Wildman–Crippen LogP) is 2.42. The fraction of sp³-hybridized carbons (Fsp3) is 0.688. The number of furan rings is 1. The molecule has 116 valence electrons. The maximum absolute atomic E-state index is 12.1. The molecule has 0 aromatic carbocycles. The third-order valence-corrected chi connectivity index (χ3v) is 4.22. The molecule has 1 aliphatic heterocycles. The minimum absolute atomic E-state index is 0.0298. The Labute approximate surface area is 125 Å². The van der Waals surface area contributed by atoms with Crippen LogP contribution in [0.3, 0.4) is 0 Å². The number of rotatable bonds is 6. The fourth-order valence-corrected chi connectivity index (χ4v) is 2.64. The molecule has 2 heterocycles. The largest absolute Gasteiger partial charge is 0.469 e. The van der Waals surface area contributed by atoms with Gasteiger partial charge in [0.25, 0.3) is 0 Å². The van der Waals surface area contributed by atoms with Crippen molar-refractivity contribution in [3.05, 3.63) is 24.2 Å². The maximum Gasteiger partial charge on any atom is 0.317 e. The smallest absolute Gasteiger partial charge is 0.317 e. The first-order valence-corrected chi connectivity index (χ1v) is 7.98. The van der Waals surface area contributed by atoms with Gasteiger partial charge in [-0.25, -0.2) is 4.79 Å². The number of nitrogens with one attached hydrogen (secondary N) is 1. The molecule has 5 heteroatoms. The highest BCUT2D eigenvalue weighted by atomic mass is 16.5. The first-order chi connectivity index (χ1) is 10.3. The van der Waals surface area contributed by atoms with E-state index in [2.05, 4.69) is 5.32 Å². The lowest BCUT2D eigenvalue weighted by molar-refractivity contribution is 0.00950. The van der Waals surface area contributed by atoms with E-state index in [0.29, 0.717) is 12.6 Å². The number of nitrogens with zero attached hydrogens (tertiary/aromatic N) is 1. The molecular weight excluding hydrogens is 268 g/mol. The zero-order valence-corrected chi connectivity index (χ0v) is 12.4. The molecule has 5 nitrogen and oxygen atoms in total. The van der Waals surface area contributed by atoms with E-state index in [4.69, 9.17) is 9.15 Å². The van der Waals surface area contributed by atoms with Crippen LogP contribution < -0.4 is 5.32 Å². The molecule has 3 rings (SSSR count). The van der Waals surface area contributed by atoms with E-state index in [-0.39, 0.29) is 6.03 Å². The highest BCUT2D eigenvalue weighted by Gasteiger charge is 2.26. The van der Waals surface area contributed by atoms with Crippen molar-refractivity contribution >= 4 is 6.03 Å². The number of ether oxygens (including phenoxy) is 1. The SMILES string of the molecule is O=C(NCCc1ccco1)N1CCC(OCC2CC2)CC1. The third-order valence-electron chi connectivity index (χ3n) is 4.22. The highest BCUT2D eigenvalue weighted by Crippen LogP contribution is 2.30. The Morgan fingerprint density at radius 3 is 2.81 bits per heavy atom. The number of hydrogen-bond donors (Lipinski definition) is 1. The summed E-state index contributed by atoms with van der Waals surface area (Å²) in [4.78, 5) is 13.9. The minimum Gasteiger partial charge on any atom is -0.469 e. The van der Waals surface area contributed by atoms with Crippen LogP contribution in [0.15, 0.2) is 22.8 Å². The summed E-state index contributed by atoms with van der Waals surface area (Å²) < 4.78 is 11.1. The van der Waals surface area contributed by atoms with Crippen LogP contribution in [0.4, 0.5) is 4.79 Å². The molecule has 0 unspecified atom stereocenters. The monoisotopic (exact) mass is 292 g/mol. The third kappa shape index (κ3) is 4.49. The van der Waals surface area contributed by atoms with Gasteiger partial charge in [-0.1, -0.05) is 0 Å². The number of carbonyl (C=O) groups is 1. The van der Waals surface area contributed by atoms with E-state index in [1.165, 1.54) is 12.8 Å². The van der Waals surface area contributed by atoms with Crippen LogP contribution in [0.2, 0.25) is 0 Å². The second kappa shape index (κ2) is 6.98. The second-order valence-corrected chi connectivity index (χ2v) is 6.02. The Kier molecular flexibility index (Phi) is 4.80. The van der Waals surface area contributed by atoms with E-state index < -0.39 is 0 Å². The lowest BCUT2D eigenvalue weighted by Crippen LogP contribution is -2.46. The van der Waals surface area contributed by atoms with E-state index >= 15 is 0 Å². The summed E-state index contributed by atoms with van der Waals surface area (Å²) in [5, 5.41) is 2.95. The lowest BCUT2D eigenvalue weighted by Gasteiger charge is -2.32. The van der Waals surface area contributed by atoms with Gasteiger partial charge in [0.15, 0.2) is 0 Å². The van der Waals surface area contributed by atoms with Gasteiger partial charge in [0.1, 0.15) is 5.76 Å². The Hall–Kier alpha value is -1.49. The second-order valence-electron chi connectivity index (χ2n) is 6.02. The van der Waals surface area contributed by atoms with Crippen molar-refractivity contribution in [2.75, 3.05) is 26.2 Å². The first-order valence-electron chi connectivity index (χ1n) is 7.98. The minimum atomic E-state index is 0.0298. The number of piperidine rings is 1. The molecule has 1 N–H and O–H groups in total. The number of urea groups is 1. The Bertz CT molecular complexity index is 434. The summed E-state index contributed by atoms with van der Waals surface area (Å²) in [5.74, 6) is 1.72. The predicted molar refractivity (Wildman–Crippen MR) is 79.1 cm³/mol. The van der Waals surface area contributed by atoms with E-state index in [0.717, 1.165) is 50.6 Å². The molecular formula is C16H24N2O3. The summed E-state index contributed by atoms with van der Waals surface area (Å²) >= 11 is 0. The van der Waals surface area contributed by atoms with E-state index in [1.54, 1.807) is 6.26 Å². The van der Waals surface area contributed by atoms with Crippen molar-refractivity contribution in [3.63, 3.8) is 0 Å². The average molecular weight is 292 g/mol. The zero-order chi connectivity index (χ0) is 14.5. The molecule has 1 saturated carbocycles. The van der Waals surface area contributed by atoms with Crippen LogP contribution in [-0.2, 0) is 11.2 Å². The number of amides is 2. The van der Waals surface area contributed by atoms with Crippen LogP contribution in [0.5, 0.6) is 0 Å². The number of likely N-dealkylation sites (tertiary alicyclic amines) is 1. The molecule has 2 amide bonds. The van der Waals surface area contributed by atoms with Crippen molar-refractivity contribution in [1.29, 1.82) is 0 Å². The summed E-state index contributed by atoms with van der Waals surface area (Å²) in [6.07, 6.45) is 7.31. The van der Waals surface area contributed by atoms with Crippen LogP contribution in [0, 0.1) is 5.92 Å². The molecule has 0 atom stereocenters. The quantitative estimate of drug-likeness (QED) is 0.876. The van der Waals surface area contributed by atoms with Crippen molar-refractivity contribution in [2.24, 2.45) is 5.92 Å². The average Bonchev–Trinajstić information content (AvgIpc) is 3.20. The van der Waals surface area contributed by atoms with Crippen LogP contribution in [-0.4, -0.2) is 43.3 Å². The van der Waals surface area contributed by atoms with Crippen molar-refractivity contribution in [1.82, 2.24) is 10.2 Å². The van der Waals surface area contributed by atoms with E-state index in [9.17, 15) is 4.79 Å². The maximum atomic E-state index is 12.1. The molecule has 1 saturated heterocycles. The van der Waals surface area contributed by atoms with Gasteiger partial charge in [0, 0.05) is 32.7 Å². The zero-order valence-electron chi connectivity index (χ0n) is 12.4. The summed E-state index contributed by atoms with van der Waals surface area (Å²) in [6, 6.07) is 3.82. The Morgan fingerprint density at radius 1 is 1.33 bits per heavy atom. The van der Waals surface area contributed by atoms with Gasteiger partial charge in [0.2, 0.25) is 0 Å². The molecule has 1 aromatic rings. The molecule has 1 aromatic heterocycles. The molecule has 1 aliphatic carbocycles. The van der Waals surface area contributed by atoms with Gasteiger partial charge < -0.3 is 19.4 Å². The summed E-state index contributed by atoms with van der Waals surface area (Å²) in [7, 11) is 0. The fourth-order valence-electron chi connectivity index (χ4n) is 2.64. The van der Waals surface area contributed by atoms with Gasteiger partial charge >= 0.3 is 6.03 Å². The first kappa shape index (κ1) is 14.4. The molecule has 0 radical (unpaired) electrons. The standard InChI is InChI=1S/C16H24N2O3/c19-16(17-8-5-14-2-1-11-20-14)18-9-6-15(7-10-18)21-12-13-3-4-13/h1-2,11,13,15H,3-10,12H2,(H,17,19). The Balaban J connectivity index is 1.30. The summed E-state index contributed by atoms with van der Waals surface area (Å²) in [5.41, 5.74) is 0. The number of hydrogen-bond acceptors (Lipinski definition) is 3. The van der Waals surface area contributed by atoms with Gasteiger partial charge in [-0.2, -0.15) is 0 Å². The van der Waals surface area contributed by atoms with Crippen molar-refractivity contribution < 1.29 is 13.9 Å². The van der Waals surface area contributed by atoms with Crippen molar-refractivity contribution in [3.8, 4) is 0 Å². The lowest BCUT2D eigenvalue weighted by atomic mass is 10.1. The molecule has 2 fully saturated rings. The molecule has 0 spiro atoms. The summed E-state index contributed by atoms with van der Waals surface area (Å²) in [6.45, 7) is 3.12. The van der Waals surface area contributed by atoms with Gasteiger partial charge in [-0.15, -0.1) is 0 Å². The van der Waals surface area contributed by atoms with Crippen LogP contribution >= 0.6 is 0 Å². The van der Waals surface area contributed by atoms with Gasteiger partial charge in [-0.3, -0.25) is 0 Å². The van der Waals surface area contributed by atoms with Crippen LogP contribution in [0.25, 0.3) is 0 Å². The molecule has 0 bridgehead atoms. The highest BCUT2D eigenvalue weighted by molar-refractivity contribution is 5.74. The molecule has 2 aliphatic rings.